The van der Waals surface area contributed by atoms with Gasteiger partial charge < -0.3 is 4.90 Å². The van der Waals surface area contributed by atoms with E-state index in [4.69, 9.17) is 5.26 Å². The van der Waals surface area contributed by atoms with Crippen LogP contribution in [0.15, 0.2) is 24.3 Å². The van der Waals surface area contributed by atoms with E-state index in [1.807, 2.05) is 24.3 Å². The van der Waals surface area contributed by atoms with Gasteiger partial charge in [0.15, 0.2) is 0 Å². The highest BCUT2D eigenvalue weighted by atomic mass is 15.0. The van der Waals surface area contributed by atoms with Crippen molar-refractivity contribution in [3.8, 4) is 6.07 Å². The molecule has 14 heavy (non-hydrogen) atoms. The first-order valence-corrected chi connectivity index (χ1v) is 4.86. The number of nitrogens with zero attached hydrogens (tertiary/aromatic N) is 2. The lowest BCUT2D eigenvalue weighted by Gasteiger charge is -2.08. The molecule has 0 atom stereocenters. The summed E-state index contributed by atoms with van der Waals surface area (Å²) >= 11 is 0. The fourth-order valence-electron chi connectivity index (χ4n) is 1.35. The molecule has 0 aliphatic rings. The Hall–Kier alpha value is -1.33. The molecule has 0 amide bonds. The van der Waals surface area contributed by atoms with E-state index in [0.29, 0.717) is 0 Å². The van der Waals surface area contributed by atoms with Gasteiger partial charge in [0.05, 0.1) is 11.6 Å². The van der Waals surface area contributed by atoms with Gasteiger partial charge in [-0.05, 0) is 51.2 Å². The second-order valence-corrected chi connectivity index (χ2v) is 3.72. The number of nitriles is 1. The second-order valence-electron chi connectivity index (χ2n) is 3.72. The van der Waals surface area contributed by atoms with Crippen molar-refractivity contribution in [1.29, 1.82) is 5.26 Å². The zero-order chi connectivity index (χ0) is 10.4. The number of rotatable bonds is 4. The minimum atomic E-state index is 0.737. The molecular weight excluding hydrogens is 172 g/mol. The lowest BCUT2D eigenvalue weighted by atomic mass is 10.1. The van der Waals surface area contributed by atoms with Gasteiger partial charge in [0.25, 0.3) is 0 Å². The van der Waals surface area contributed by atoms with Gasteiger partial charge in [0, 0.05) is 0 Å². The zero-order valence-corrected chi connectivity index (χ0v) is 8.83. The van der Waals surface area contributed by atoms with Crippen LogP contribution in [-0.2, 0) is 6.42 Å². The topological polar surface area (TPSA) is 27.0 Å². The van der Waals surface area contributed by atoms with E-state index >= 15 is 0 Å². The number of benzene rings is 1. The number of hydrogen-bond acceptors (Lipinski definition) is 2. The standard InChI is InChI=1S/C12H16N2/c1-14(2)9-3-4-11-5-7-12(10-13)8-6-11/h5-8H,3-4,9H2,1-2H3. The Balaban J connectivity index is 2.41. The predicted octanol–water partition coefficient (Wildman–Crippen LogP) is 2.05. The van der Waals surface area contributed by atoms with Crippen molar-refractivity contribution in [1.82, 2.24) is 4.90 Å². The van der Waals surface area contributed by atoms with Crippen LogP contribution in [0.1, 0.15) is 17.5 Å². The van der Waals surface area contributed by atoms with Gasteiger partial charge in [0.1, 0.15) is 0 Å². The first-order chi connectivity index (χ1) is 6.72. The number of aryl methyl sites for hydroxylation is 1. The third-order valence-corrected chi connectivity index (χ3v) is 2.15. The maximum absolute atomic E-state index is 8.62. The second kappa shape index (κ2) is 5.41. The Morgan fingerprint density at radius 2 is 1.86 bits per heavy atom. The molecule has 0 radical (unpaired) electrons. The van der Waals surface area contributed by atoms with E-state index in [1.165, 1.54) is 12.0 Å². The summed E-state index contributed by atoms with van der Waals surface area (Å²) in [5.41, 5.74) is 2.05. The van der Waals surface area contributed by atoms with Crippen LogP contribution < -0.4 is 0 Å². The summed E-state index contributed by atoms with van der Waals surface area (Å²) in [6, 6.07) is 9.95. The van der Waals surface area contributed by atoms with E-state index in [-0.39, 0.29) is 0 Å². The molecule has 0 N–H and O–H groups in total. The molecule has 0 aromatic heterocycles. The maximum Gasteiger partial charge on any atom is 0.0991 e. The first kappa shape index (κ1) is 10.7. The molecule has 0 heterocycles. The summed E-state index contributed by atoms with van der Waals surface area (Å²) in [7, 11) is 4.16. The summed E-state index contributed by atoms with van der Waals surface area (Å²) in [5, 5.41) is 8.62. The first-order valence-electron chi connectivity index (χ1n) is 4.86. The molecule has 0 spiro atoms. The molecule has 0 aliphatic carbocycles. The predicted molar refractivity (Wildman–Crippen MR) is 58.0 cm³/mol. The van der Waals surface area contributed by atoms with Crippen molar-refractivity contribution < 1.29 is 0 Å². The normalized spacial score (nSPS) is 10.1. The molecule has 0 bridgehead atoms. The average molecular weight is 188 g/mol. The van der Waals surface area contributed by atoms with Crippen molar-refractivity contribution in [2.45, 2.75) is 12.8 Å². The third-order valence-electron chi connectivity index (χ3n) is 2.15. The Kier molecular flexibility index (Phi) is 4.15. The summed E-state index contributed by atoms with van der Waals surface area (Å²) in [6.45, 7) is 1.11. The van der Waals surface area contributed by atoms with Gasteiger partial charge in [-0.1, -0.05) is 12.1 Å². The maximum atomic E-state index is 8.62. The largest absolute Gasteiger partial charge is 0.309 e. The van der Waals surface area contributed by atoms with Crippen LogP contribution in [0.2, 0.25) is 0 Å². The highest BCUT2D eigenvalue weighted by Gasteiger charge is 1.95. The Labute approximate surface area is 85.8 Å². The van der Waals surface area contributed by atoms with Gasteiger partial charge in [-0.15, -0.1) is 0 Å². The van der Waals surface area contributed by atoms with Crippen LogP contribution in [0, 0.1) is 11.3 Å². The van der Waals surface area contributed by atoms with Crippen molar-refractivity contribution in [3.05, 3.63) is 35.4 Å². The van der Waals surface area contributed by atoms with Crippen LogP contribution in [-0.4, -0.2) is 25.5 Å². The lowest BCUT2D eigenvalue weighted by molar-refractivity contribution is 0.400. The molecule has 0 saturated carbocycles. The Morgan fingerprint density at radius 1 is 1.21 bits per heavy atom. The highest BCUT2D eigenvalue weighted by Crippen LogP contribution is 2.05. The minimum Gasteiger partial charge on any atom is -0.309 e. The molecule has 0 unspecified atom stereocenters. The monoisotopic (exact) mass is 188 g/mol. The SMILES string of the molecule is CN(C)CCCc1ccc(C#N)cc1. The molecule has 0 fully saturated rings. The number of hydrogen-bond donors (Lipinski definition) is 0. The fourth-order valence-corrected chi connectivity index (χ4v) is 1.35. The van der Waals surface area contributed by atoms with Crippen LogP contribution in [0.5, 0.6) is 0 Å². The molecule has 74 valence electrons. The van der Waals surface area contributed by atoms with Gasteiger partial charge in [0.2, 0.25) is 0 Å². The van der Waals surface area contributed by atoms with Gasteiger partial charge in [-0.25, -0.2) is 0 Å². The van der Waals surface area contributed by atoms with Crippen LogP contribution >= 0.6 is 0 Å². The van der Waals surface area contributed by atoms with Gasteiger partial charge in [-0.3, -0.25) is 0 Å². The third kappa shape index (κ3) is 3.59. The molecule has 2 nitrogen and oxygen atoms in total. The zero-order valence-electron chi connectivity index (χ0n) is 8.83. The van der Waals surface area contributed by atoms with Crippen molar-refractivity contribution in [2.24, 2.45) is 0 Å². The quantitative estimate of drug-likeness (QED) is 0.723. The summed E-state index contributed by atoms with van der Waals surface area (Å²) in [5.74, 6) is 0. The van der Waals surface area contributed by atoms with Crippen molar-refractivity contribution in [3.63, 3.8) is 0 Å². The van der Waals surface area contributed by atoms with E-state index < -0.39 is 0 Å². The van der Waals surface area contributed by atoms with E-state index in [2.05, 4.69) is 25.1 Å². The minimum absolute atomic E-state index is 0.737. The molecule has 1 aromatic carbocycles. The summed E-state index contributed by atoms with van der Waals surface area (Å²) in [6.07, 6.45) is 2.25. The Bertz CT molecular complexity index is 306. The van der Waals surface area contributed by atoms with Crippen LogP contribution in [0.3, 0.4) is 0 Å². The lowest BCUT2D eigenvalue weighted by Crippen LogP contribution is -2.13. The molecule has 1 rings (SSSR count). The molecule has 1 aromatic rings. The smallest absolute Gasteiger partial charge is 0.0991 e. The van der Waals surface area contributed by atoms with Crippen LogP contribution in [0.25, 0.3) is 0 Å². The van der Waals surface area contributed by atoms with Crippen molar-refractivity contribution >= 4 is 0 Å². The molecule has 0 aliphatic heterocycles. The summed E-state index contributed by atoms with van der Waals surface area (Å²) < 4.78 is 0. The summed E-state index contributed by atoms with van der Waals surface area (Å²) in [4.78, 5) is 2.18. The van der Waals surface area contributed by atoms with E-state index in [9.17, 15) is 0 Å². The molecular formula is C12H16N2. The van der Waals surface area contributed by atoms with Gasteiger partial charge in [-0.2, -0.15) is 5.26 Å². The van der Waals surface area contributed by atoms with Gasteiger partial charge >= 0.3 is 0 Å². The fraction of sp³-hybridized carbons (Fsp3) is 0.417. The average Bonchev–Trinajstić information content (AvgIpc) is 2.18. The van der Waals surface area contributed by atoms with Crippen LogP contribution in [0.4, 0.5) is 0 Å². The Morgan fingerprint density at radius 3 is 2.36 bits per heavy atom. The molecule has 2 heteroatoms. The highest BCUT2D eigenvalue weighted by molar-refractivity contribution is 5.31. The molecule has 0 saturated heterocycles. The van der Waals surface area contributed by atoms with Crippen molar-refractivity contribution in [2.75, 3.05) is 20.6 Å². The van der Waals surface area contributed by atoms with E-state index in [1.54, 1.807) is 0 Å². The van der Waals surface area contributed by atoms with E-state index in [0.717, 1.165) is 18.5 Å².